The molecule has 1 fully saturated rings. The molecule has 0 radical (unpaired) electrons. The first-order valence-electron chi connectivity index (χ1n) is 11.2. The van der Waals surface area contributed by atoms with E-state index in [4.69, 9.17) is 4.42 Å². The molecule has 3 heterocycles. The summed E-state index contributed by atoms with van der Waals surface area (Å²) < 4.78 is 33.9. The van der Waals surface area contributed by atoms with Gasteiger partial charge >= 0.3 is 0 Å². The van der Waals surface area contributed by atoms with Crippen LogP contribution in [-0.4, -0.2) is 59.3 Å². The van der Waals surface area contributed by atoms with Crippen molar-refractivity contribution in [3.05, 3.63) is 58.8 Å². The van der Waals surface area contributed by atoms with E-state index in [1.165, 1.54) is 27.2 Å². The number of para-hydroxylation sites is 2. The summed E-state index contributed by atoms with van der Waals surface area (Å²) in [7, 11) is -3.72. The summed E-state index contributed by atoms with van der Waals surface area (Å²) in [4.78, 5) is 31.5. The second-order valence-corrected chi connectivity index (χ2v) is 10.0. The fraction of sp³-hybridized carbons (Fsp3) is 0.435. The van der Waals surface area contributed by atoms with Crippen LogP contribution in [0.25, 0.3) is 11.1 Å². The van der Waals surface area contributed by atoms with Gasteiger partial charge in [0.05, 0.1) is 4.90 Å². The molecule has 1 aliphatic rings. The normalized spacial score (nSPS) is 15.4. The highest BCUT2D eigenvalue weighted by molar-refractivity contribution is 7.89. The van der Waals surface area contributed by atoms with Crippen molar-refractivity contribution in [2.45, 2.75) is 44.0 Å². The molecule has 10 heteroatoms. The molecular formula is C23H28N4O5S. The number of sulfonamides is 1. The number of rotatable bonds is 7. The summed E-state index contributed by atoms with van der Waals surface area (Å²) in [6.45, 7) is 5.00. The van der Waals surface area contributed by atoms with E-state index in [9.17, 15) is 18.0 Å². The van der Waals surface area contributed by atoms with E-state index in [2.05, 4.69) is 4.98 Å². The van der Waals surface area contributed by atoms with Crippen LogP contribution < -0.4 is 5.56 Å². The third-order valence-corrected chi connectivity index (χ3v) is 8.15. The Morgan fingerprint density at radius 1 is 1.12 bits per heavy atom. The van der Waals surface area contributed by atoms with Gasteiger partial charge in [0.15, 0.2) is 11.5 Å². The van der Waals surface area contributed by atoms with E-state index < -0.39 is 15.6 Å². The lowest BCUT2D eigenvalue weighted by molar-refractivity contribution is -0.133. The Labute approximate surface area is 192 Å². The Balaban J connectivity index is 1.43. The number of fused-ring (bicyclic) bond motifs is 1. The van der Waals surface area contributed by atoms with Crippen LogP contribution in [0.15, 0.2) is 56.7 Å². The smallest absolute Gasteiger partial charge is 0.251 e. The van der Waals surface area contributed by atoms with Gasteiger partial charge in [0.2, 0.25) is 15.9 Å². The second kappa shape index (κ2) is 9.48. The van der Waals surface area contributed by atoms with Crippen molar-refractivity contribution in [2.24, 2.45) is 0 Å². The number of nitrogens with zero attached hydrogens (tertiary/aromatic N) is 4. The molecule has 0 unspecified atom stereocenters. The minimum atomic E-state index is -3.72. The van der Waals surface area contributed by atoms with Crippen molar-refractivity contribution in [1.29, 1.82) is 0 Å². The first-order chi connectivity index (χ1) is 15.8. The van der Waals surface area contributed by atoms with Crippen molar-refractivity contribution in [3.63, 3.8) is 0 Å². The van der Waals surface area contributed by atoms with Gasteiger partial charge in [0, 0.05) is 44.4 Å². The molecule has 3 aromatic rings. The fourth-order valence-corrected chi connectivity index (χ4v) is 5.66. The lowest BCUT2D eigenvalue weighted by atomic mass is 9.97. The Kier molecular flexibility index (Phi) is 6.66. The first kappa shape index (κ1) is 23.2. The van der Waals surface area contributed by atoms with Crippen molar-refractivity contribution in [2.75, 3.05) is 26.2 Å². The number of carbonyl (C=O) groups is 1. The average molecular weight is 473 g/mol. The molecule has 1 aromatic carbocycles. The molecule has 33 heavy (non-hydrogen) atoms. The number of oxazole rings is 1. The van der Waals surface area contributed by atoms with E-state index >= 15 is 0 Å². The Bertz CT molecular complexity index is 1270. The van der Waals surface area contributed by atoms with Crippen molar-refractivity contribution in [3.8, 4) is 0 Å². The van der Waals surface area contributed by atoms with Gasteiger partial charge in [-0.15, -0.1) is 0 Å². The van der Waals surface area contributed by atoms with Crippen LogP contribution >= 0.6 is 0 Å². The standard InChI is InChI=1S/C23H28N4O5S/c1-3-27(4-2)33(30,31)18-9-10-21(28)26(15-18)16-22(29)25-13-11-17(12-14-25)23-24-19-7-5-6-8-20(19)32-23/h5-10,15,17H,3-4,11-14,16H2,1-2H3. The molecule has 0 aliphatic carbocycles. The van der Waals surface area contributed by atoms with E-state index in [0.29, 0.717) is 44.9 Å². The molecule has 176 valence electrons. The third kappa shape index (κ3) is 4.72. The van der Waals surface area contributed by atoms with Crippen molar-refractivity contribution in [1.82, 2.24) is 18.8 Å². The molecule has 0 N–H and O–H groups in total. The second-order valence-electron chi connectivity index (χ2n) is 8.10. The van der Waals surface area contributed by atoms with Crippen LogP contribution in [0.4, 0.5) is 0 Å². The van der Waals surface area contributed by atoms with Gasteiger partial charge in [-0.25, -0.2) is 13.4 Å². The van der Waals surface area contributed by atoms with E-state index in [1.54, 1.807) is 18.7 Å². The third-order valence-electron chi connectivity index (χ3n) is 6.11. The van der Waals surface area contributed by atoms with Crippen LogP contribution in [0.2, 0.25) is 0 Å². The number of aromatic nitrogens is 2. The molecule has 2 aromatic heterocycles. The molecule has 9 nitrogen and oxygen atoms in total. The van der Waals surface area contributed by atoms with Gasteiger partial charge in [0.25, 0.3) is 5.56 Å². The zero-order valence-electron chi connectivity index (χ0n) is 18.8. The minimum Gasteiger partial charge on any atom is -0.440 e. The molecular weight excluding hydrogens is 444 g/mol. The van der Waals surface area contributed by atoms with Crippen LogP contribution in [0.3, 0.4) is 0 Å². The zero-order chi connectivity index (χ0) is 23.6. The Morgan fingerprint density at radius 3 is 2.48 bits per heavy atom. The lowest BCUT2D eigenvalue weighted by Crippen LogP contribution is -2.41. The van der Waals surface area contributed by atoms with E-state index in [0.717, 1.165) is 11.1 Å². The number of carbonyl (C=O) groups excluding carboxylic acids is 1. The SMILES string of the molecule is CCN(CC)S(=O)(=O)c1ccc(=O)n(CC(=O)N2CCC(c3nc4ccccc4o3)CC2)c1. The van der Waals surface area contributed by atoms with Gasteiger partial charge < -0.3 is 13.9 Å². The van der Waals surface area contributed by atoms with Gasteiger partial charge in [-0.2, -0.15) is 4.31 Å². The predicted octanol–water partition coefficient (Wildman–Crippen LogP) is 2.43. The molecule has 0 saturated carbocycles. The largest absolute Gasteiger partial charge is 0.440 e. The summed E-state index contributed by atoms with van der Waals surface area (Å²) in [5.74, 6) is 0.603. The van der Waals surface area contributed by atoms with Crippen LogP contribution in [0, 0.1) is 0 Å². The van der Waals surface area contributed by atoms with Gasteiger partial charge in [-0.05, 0) is 31.0 Å². The topological polar surface area (TPSA) is 106 Å². The number of piperidine rings is 1. The Hall–Kier alpha value is -2.98. The first-order valence-corrected chi connectivity index (χ1v) is 12.6. The molecule has 4 rings (SSSR count). The molecule has 1 amide bonds. The van der Waals surface area contributed by atoms with E-state index in [-0.39, 0.29) is 23.3 Å². The van der Waals surface area contributed by atoms with Crippen LogP contribution in [0.1, 0.15) is 38.5 Å². The summed E-state index contributed by atoms with van der Waals surface area (Å²) in [6, 6.07) is 10.1. The maximum absolute atomic E-state index is 12.9. The van der Waals surface area contributed by atoms with Gasteiger partial charge in [-0.1, -0.05) is 26.0 Å². The number of amides is 1. The van der Waals surface area contributed by atoms with E-state index in [1.807, 2.05) is 24.3 Å². The summed E-state index contributed by atoms with van der Waals surface area (Å²) in [5.41, 5.74) is 1.16. The summed E-state index contributed by atoms with van der Waals surface area (Å²) in [6.07, 6.45) is 2.69. The van der Waals surface area contributed by atoms with Crippen molar-refractivity contribution >= 4 is 27.0 Å². The molecule has 0 spiro atoms. The van der Waals surface area contributed by atoms with Gasteiger partial charge in [-0.3, -0.25) is 9.59 Å². The maximum atomic E-state index is 12.9. The number of hydrogen-bond acceptors (Lipinski definition) is 6. The highest BCUT2D eigenvalue weighted by Crippen LogP contribution is 2.30. The molecule has 1 saturated heterocycles. The minimum absolute atomic E-state index is 0.00766. The Morgan fingerprint density at radius 2 is 1.82 bits per heavy atom. The number of hydrogen-bond donors (Lipinski definition) is 0. The monoisotopic (exact) mass is 472 g/mol. The zero-order valence-corrected chi connectivity index (χ0v) is 19.6. The maximum Gasteiger partial charge on any atom is 0.251 e. The fourth-order valence-electron chi connectivity index (χ4n) is 4.18. The van der Waals surface area contributed by atoms with Crippen LogP contribution in [0.5, 0.6) is 0 Å². The van der Waals surface area contributed by atoms with Crippen molar-refractivity contribution < 1.29 is 17.6 Å². The highest BCUT2D eigenvalue weighted by atomic mass is 32.2. The summed E-state index contributed by atoms with van der Waals surface area (Å²) in [5, 5.41) is 0. The highest BCUT2D eigenvalue weighted by Gasteiger charge is 2.28. The van der Waals surface area contributed by atoms with Gasteiger partial charge in [0.1, 0.15) is 12.1 Å². The van der Waals surface area contributed by atoms with Crippen LogP contribution in [-0.2, 0) is 21.4 Å². The number of benzene rings is 1. The predicted molar refractivity (Wildman–Crippen MR) is 123 cm³/mol. The summed E-state index contributed by atoms with van der Waals surface area (Å²) >= 11 is 0. The molecule has 1 aliphatic heterocycles. The lowest BCUT2D eigenvalue weighted by Gasteiger charge is -2.30. The molecule has 0 atom stereocenters. The average Bonchev–Trinajstić information content (AvgIpc) is 3.25. The quantitative estimate of drug-likeness (QED) is 0.523. The number of pyridine rings is 1. The number of likely N-dealkylation sites (tertiary alicyclic amines) is 1. The molecule has 0 bridgehead atoms.